The first-order valence-electron chi connectivity index (χ1n) is 6.55. The summed E-state index contributed by atoms with van der Waals surface area (Å²) in [4.78, 5) is 23.8. The van der Waals surface area contributed by atoms with Gasteiger partial charge in [0.2, 0.25) is 5.91 Å². The van der Waals surface area contributed by atoms with Crippen LogP contribution in [0.25, 0.3) is 0 Å². The van der Waals surface area contributed by atoms with E-state index in [1.54, 1.807) is 48.5 Å². The lowest BCUT2D eigenvalue weighted by molar-refractivity contribution is -0.113. The number of rotatable bonds is 5. The standard InChI is InChI=1S/C16H15ClN2O3/c1-22-14-9-5-2-6-11(14)16(21)19-13-8-4-3-7-12(13)18-15(20)10-17/h2-9H,10H2,1H3,(H,18,20)(H,19,21). The number of hydrogen-bond donors (Lipinski definition) is 2. The van der Waals surface area contributed by atoms with E-state index in [0.29, 0.717) is 22.7 Å². The summed E-state index contributed by atoms with van der Waals surface area (Å²) in [6.07, 6.45) is 0. The number of carbonyl (C=O) groups excluding carboxylic acids is 2. The lowest BCUT2D eigenvalue weighted by atomic mass is 10.1. The summed E-state index contributed by atoms with van der Waals surface area (Å²) in [5, 5.41) is 5.38. The van der Waals surface area contributed by atoms with Crippen molar-refractivity contribution in [2.24, 2.45) is 0 Å². The molecule has 0 saturated heterocycles. The van der Waals surface area contributed by atoms with E-state index in [1.165, 1.54) is 7.11 Å². The fourth-order valence-electron chi connectivity index (χ4n) is 1.91. The molecular weight excluding hydrogens is 304 g/mol. The first-order chi connectivity index (χ1) is 10.7. The Kier molecular flexibility index (Phi) is 5.38. The van der Waals surface area contributed by atoms with Gasteiger partial charge in [0, 0.05) is 0 Å². The van der Waals surface area contributed by atoms with Crippen molar-refractivity contribution in [1.29, 1.82) is 0 Å². The van der Waals surface area contributed by atoms with E-state index in [9.17, 15) is 9.59 Å². The molecule has 5 nitrogen and oxygen atoms in total. The Bertz CT molecular complexity index is 689. The third-order valence-corrected chi connectivity index (χ3v) is 3.17. The highest BCUT2D eigenvalue weighted by molar-refractivity contribution is 6.29. The number of hydrogen-bond acceptors (Lipinski definition) is 3. The third-order valence-electron chi connectivity index (χ3n) is 2.92. The summed E-state index contributed by atoms with van der Waals surface area (Å²) in [5.41, 5.74) is 1.37. The highest BCUT2D eigenvalue weighted by Gasteiger charge is 2.14. The molecule has 6 heteroatoms. The molecule has 0 aliphatic carbocycles. The van der Waals surface area contributed by atoms with E-state index < -0.39 is 0 Å². The van der Waals surface area contributed by atoms with Crippen LogP contribution < -0.4 is 15.4 Å². The average molecular weight is 319 g/mol. The van der Waals surface area contributed by atoms with Gasteiger partial charge in [-0.25, -0.2) is 0 Å². The van der Waals surface area contributed by atoms with Gasteiger partial charge >= 0.3 is 0 Å². The van der Waals surface area contributed by atoms with Crippen LogP contribution >= 0.6 is 11.6 Å². The Balaban J connectivity index is 2.23. The van der Waals surface area contributed by atoms with Crippen molar-refractivity contribution in [1.82, 2.24) is 0 Å². The highest BCUT2D eigenvalue weighted by Crippen LogP contribution is 2.24. The molecule has 2 N–H and O–H groups in total. The van der Waals surface area contributed by atoms with Crippen molar-refractivity contribution in [3.8, 4) is 5.75 Å². The first-order valence-corrected chi connectivity index (χ1v) is 7.08. The summed E-state index contributed by atoms with van der Waals surface area (Å²) in [6.45, 7) is 0. The normalized spacial score (nSPS) is 9.91. The van der Waals surface area contributed by atoms with Crippen LogP contribution in [0, 0.1) is 0 Å². The van der Waals surface area contributed by atoms with Gasteiger partial charge in [0.05, 0.1) is 24.0 Å². The van der Waals surface area contributed by atoms with Crippen molar-refractivity contribution < 1.29 is 14.3 Å². The fourth-order valence-corrected chi connectivity index (χ4v) is 1.97. The van der Waals surface area contributed by atoms with Gasteiger partial charge in [0.15, 0.2) is 0 Å². The van der Waals surface area contributed by atoms with Crippen LogP contribution in [0.2, 0.25) is 0 Å². The summed E-state index contributed by atoms with van der Waals surface area (Å²) < 4.78 is 5.17. The maximum atomic E-state index is 12.4. The van der Waals surface area contributed by atoms with Gasteiger partial charge in [-0.1, -0.05) is 24.3 Å². The van der Waals surface area contributed by atoms with Crippen molar-refractivity contribution in [3.05, 3.63) is 54.1 Å². The lowest BCUT2D eigenvalue weighted by Gasteiger charge is -2.13. The molecule has 0 radical (unpaired) electrons. The maximum absolute atomic E-state index is 12.4. The van der Waals surface area contributed by atoms with E-state index in [0.717, 1.165) is 0 Å². The SMILES string of the molecule is COc1ccccc1C(=O)Nc1ccccc1NC(=O)CCl. The monoisotopic (exact) mass is 318 g/mol. The van der Waals surface area contributed by atoms with Crippen LogP contribution in [0.3, 0.4) is 0 Å². The molecule has 0 aliphatic heterocycles. The van der Waals surface area contributed by atoms with Gasteiger partial charge in [-0.05, 0) is 24.3 Å². The second kappa shape index (κ2) is 7.47. The first kappa shape index (κ1) is 15.9. The molecule has 2 aromatic rings. The zero-order valence-electron chi connectivity index (χ0n) is 11.9. The van der Waals surface area contributed by atoms with Gasteiger partial charge in [-0.3, -0.25) is 9.59 Å². The van der Waals surface area contributed by atoms with E-state index in [1.807, 2.05) is 0 Å². The molecule has 0 bridgehead atoms. The molecule has 2 aromatic carbocycles. The Morgan fingerprint density at radius 3 is 2.23 bits per heavy atom. The molecule has 0 saturated carbocycles. The molecule has 0 atom stereocenters. The molecule has 0 fully saturated rings. The van der Waals surface area contributed by atoms with Crippen LogP contribution in [-0.2, 0) is 4.79 Å². The largest absolute Gasteiger partial charge is 0.496 e. The topological polar surface area (TPSA) is 67.4 Å². The smallest absolute Gasteiger partial charge is 0.259 e. The van der Waals surface area contributed by atoms with Crippen LogP contribution in [0.4, 0.5) is 11.4 Å². The lowest BCUT2D eigenvalue weighted by Crippen LogP contribution is -2.17. The number of benzene rings is 2. The Hall–Kier alpha value is -2.53. The predicted molar refractivity (Wildman–Crippen MR) is 86.7 cm³/mol. The highest BCUT2D eigenvalue weighted by atomic mass is 35.5. The summed E-state index contributed by atoms with van der Waals surface area (Å²) in [6, 6.07) is 13.8. The number of anilines is 2. The molecule has 0 unspecified atom stereocenters. The van der Waals surface area contributed by atoms with E-state index >= 15 is 0 Å². The van der Waals surface area contributed by atoms with Crippen molar-refractivity contribution in [2.75, 3.05) is 23.6 Å². The van der Waals surface area contributed by atoms with Crippen LogP contribution in [-0.4, -0.2) is 24.8 Å². The predicted octanol–water partition coefficient (Wildman–Crippen LogP) is 3.12. The molecule has 2 rings (SSSR count). The number of methoxy groups -OCH3 is 1. The number of ether oxygens (including phenoxy) is 1. The van der Waals surface area contributed by atoms with Crippen LogP contribution in [0.1, 0.15) is 10.4 Å². The number of carbonyl (C=O) groups is 2. The van der Waals surface area contributed by atoms with Gasteiger partial charge in [0.25, 0.3) is 5.91 Å². The zero-order chi connectivity index (χ0) is 15.9. The third kappa shape index (κ3) is 3.77. The van der Waals surface area contributed by atoms with Crippen molar-refractivity contribution >= 4 is 34.8 Å². The molecule has 0 aromatic heterocycles. The fraction of sp³-hybridized carbons (Fsp3) is 0.125. The molecular formula is C16H15ClN2O3. The van der Waals surface area contributed by atoms with Crippen molar-refractivity contribution in [2.45, 2.75) is 0 Å². The minimum Gasteiger partial charge on any atom is -0.496 e. The van der Waals surface area contributed by atoms with Crippen molar-refractivity contribution in [3.63, 3.8) is 0 Å². The zero-order valence-corrected chi connectivity index (χ0v) is 12.7. The molecule has 2 amide bonds. The van der Waals surface area contributed by atoms with Gasteiger partial charge in [-0.15, -0.1) is 11.6 Å². The van der Waals surface area contributed by atoms with Gasteiger partial charge in [0.1, 0.15) is 11.6 Å². The van der Waals surface area contributed by atoms with E-state index in [2.05, 4.69) is 10.6 Å². The molecule has 0 aliphatic rings. The Morgan fingerprint density at radius 2 is 1.59 bits per heavy atom. The number of alkyl halides is 1. The van der Waals surface area contributed by atoms with Gasteiger partial charge < -0.3 is 15.4 Å². The molecule has 0 heterocycles. The van der Waals surface area contributed by atoms with Crippen LogP contribution in [0.15, 0.2) is 48.5 Å². The minimum absolute atomic E-state index is 0.158. The summed E-state index contributed by atoms with van der Waals surface area (Å²) in [7, 11) is 1.50. The van der Waals surface area contributed by atoms with Crippen LogP contribution in [0.5, 0.6) is 5.75 Å². The maximum Gasteiger partial charge on any atom is 0.259 e. The number of amides is 2. The average Bonchev–Trinajstić information content (AvgIpc) is 2.56. The minimum atomic E-state index is -0.347. The molecule has 0 spiro atoms. The second-order valence-corrected chi connectivity index (χ2v) is 4.65. The molecule has 114 valence electrons. The Morgan fingerprint density at radius 1 is 1.00 bits per heavy atom. The van der Waals surface area contributed by atoms with Gasteiger partial charge in [-0.2, -0.15) is 0 Å². The Labute approximate surface area is 133 Å². The second-order valence-electron chi connectivity index (χ2n) is 4.38. The molecule has 22 heavy (non-hydrogen) atoms. The number of halogens is 1. The quantitative estimate of drug-likeness (QED) is 0.832. The number of para-hydroxylation sites is 3. The number of nitrogens with one attached hydrogen (secondary N) is 2. The summed E-state index contributed by atoms with van der Waals surface area (Å²) >= 11 is 5.48. The van der Waals surface area contributed by atoms with E-state index in [4.69, 9.17) is 16.3 Å². The summed E-state index contributed by atoms with van der Waals surface area (Å²) in [5.74, 6) is -0.359. The van der Waals surface area contributed by atoms with E-state index in [-0.39, 0.29) is 17.7 Å².